The predicted octanol–water partition coefficient (Wildman–Crippen LogP) is 1.20. The first-order valence-corrected chi connectivity index (χ1v) is 4.81. The summed E-state index contributed by atoms with van der Waals surface area (Å²) in [6, 6.07) is 0.675. The Morgan fingerprint density at radius 2 is 2.25 bits per heavy atom. The summed E-state index contributed by atoms with van der Waals surface area (Å²) in [7, 11) is 1.71. The molecule has 2 rings (SSSR count). The summed E-state index contributed by atoms with van der Waals surface area (Å²) in [5, 5.41) is 2.71. The first-order valence-electron chi connectivity index (χ1n) is 4.81. The van der Waals surface area contributed by atoms with E-state index < -0.39 is 0 Å². The number of carbonyl (C=O) groups is 1. The molecule has 0 spiro atoms. The zero-order chi connectivity index (χ0) is 8.55. The van der Waals surface area contributed by atoms with Crippen molar-refractivity contribution in [3.05, 3.63) is 0 Å². The predicted molar refractivity (Wildman–Crippen MR) is 46.9 cm³/mol. The van der Waals surface area contributed by atoms with Crippen molar-refractivity contribution in [2.24, 2.45) is 5.92 Å². The third kappa shape index (κ3) is 1.08. The van der Waals surface area contributed by atoms with Gasteiger partial charge < -0.3 is 10.2 Å². The number of likely N-dealkylation sites (tertiary alicyclic amines) is 1. The standard InChI is InChI=1S/C9H16N2O/c1-10-9(12)11-6-5-7-3-2-4-8(7)11/h7-8H,2-6H2,1H3,(H,10,12). The number of nitrogens with one attached hydrogen (secondary N) is 1. The lowest BCUT2D eigenvalue weighted by Gasteiger charge is -2.22. The van der Waals surface area contributed by atoms with Crippen molar-refractivity contribution in [3.63, 3.8) is 0 Å². The van der Waals surface area contributed by atoms with Crippen molar-refractivity contribution < 1.29 is 4.79 Å². The number of hydrogen-bond donors (Lipinski definition) is 1. The Kier molecular flexibility index (Phi) is 1.95. The molecule has 2 fully saturated rings. The maximum atomic E-state index is 11.4. The molecule has 2 aliphatic rings. The van der Waals surface area contributed by atoms with Gasteiger partial charge in [0.2, 0.25) is 0 Å². The highest BCUT2D eigenvalue weighted by molar-refractivity contribution is 5.74. The zero-order valence-corrected chi connectivity index (χ0v) is 7.55. The minimum Gasteiger partial charge on any atom is -0.341 e. The lowest BCUT2D eigenvalue weighted by atomic mass is 10.1. The van der Waals surface area contributed by atoms with Crippen molar-refractivity contribution >= 4 is 6.03 Å². The summed E-state index contributed by atoms with van der Waals surface area (Å²) in [5.41, 5.74) is 0. The van der Waals surface area contributed by atoms with Crippen molar-refractivity contribution in [1.82, 2.24) is 10.2 Å². The Balaban J connectivity index is 2.04. The van der Waals surface area contributed by atoms with Gasteiger partial charge in [-0.2, -0.15) is 0 Å². The largest absolute Gasteiger partial charge is 0.341 e. The van der Waals surface area contributed by atoms with Crippen LogP contribution in [0.2, 0.25) is 0 Å². The average Bonchev–Trinajstić information content (AvgIpc) is 2.62. The Hall–Kier alpha value is -0.730. The highest BCUT2D eigenvalue weighted by atomic mass is 16.2. The number of nitrogens with zero attached hydrogens (tertiary/aromatic N) is 1. The molecule has 1 aliphatic carbocycles. The summed E-state index contributed by atoms with van der Waals surface area (Å²) < 4.78 is 0. The molecule has 0 aromatic rings. The van der Waals surface area contributed by atoms with Crippen molar-refractivity contribution in [1.29, 1.82) is 0 Å². The molecule has 1 saturated carbocycles. The van der Waals surface area contributed by atoms with E-state index in [-0.39, 0.29) is 6.03 Å². The van der Waals surface area contributed by atoms with Crippen LogP contribution >= 0.6 is 0 Å². The fourth-order valence-corrected chi connectivity index (χ4v) is 2.63. The van der Waals surface area contributed by atoms with E-state index in [2.05, 4.69) is 5.32 Å². The molecule has 2 atom stereocenters. The van der Waals surface area contributed by atoms with Gasteiger partial charge in [-0.1, -0.05) is 6.42 Å². The van der Waals surface area contributed by atoms with Crippen LogP contribution in [-0.4, -0.2) is 30.6 Å². The van der Waals surface area contributed by atoms with Crippen LogP contribution in [-0.2, 0) is 0 Å². The second kappa shape index (κ2) is 2.96. The van der Waals surface area contributed by atoms with Crippen LogP contribution in [0.3, 0.4) is 0 Å². The molecular weight excluding hydrogens is 152 g/mol. The third-order valence-electron chi connectivity index (χ3n) is 3.23. The Morgan fingerprint density at radius 3 is 3.00 bits per heavy atom. The quantitative estimate of drug-likeness (QED) is 0.579. The fraction of sp³-hybridized carbons (Fsp3) is 0.889. The molecule has 1 N–H and O–H groups in total. The van der Waals surface area contributed by atoms with Gasteiger partial charge in [-0.3, -0.25) is 0 Å². The Labute approximate surface area is 73.1 Å². The lowest BCUT2D eigenvalue weighted by molar-refractivity contribution is 0.192. The number of carbonyl (C=O) groups excluding carboxylic acids is 1. The molecule has 2 unspecified atom stereocenters. The van der Waals surface area contributed by atoms with E-state index in [0.29, 0.717) is 6.04 Å². The van der Waals surface area contributed by atoms with Gasteiger partial charge in [-0.15, -0.1) is 0 Å². The lowest BCUT2D eigenvalue weighted by Crippen LogP contribution is -2.41. The maximum absolute atomic E-state index is 11.4. The molecule has 0 aromatic heterocycles. The van der Waals surface area contributed by atoms with Gasteiger partial charge in [0.1, 0.15) is 0 Å². The Bertz CT molecular complexity index is 193. The second-order valence-corrected chi connectivity index (χ2v) is 3.80. The summed E-state index contributed by atoms with van der Waals surface area (Å²) in [4.78, 5) is 13.4. The van der Waals surface area contributed by atoms with E-state index >= 15 is 0 Å². The van der Waals surface area contributed by atoms with E-state index in [4.69, 9.17) is 0 Å². The van der Waals surface area contributed by atoms with Crippen LogP contribution in [0.25, 0.3) is 0 Å². The molecule has 3 heteroatoms. The highest BCUT2D eigenvalue weighted by Crippen LogP contribution is 2.37. The van der Waals surface area contributed by atoms with E-state index in [1.165, 1.54) is 25.7 Å². The molecule has 0 bridgehead atoms. The second-order valence-electron chi connectivity index (χ2n) is 3.80. The summed E-state index contributed by atoms with van der Waals surface area (Å²) in [6.45, 7) is 0.967. The minimum absolute atomic E-state index is 0.115. The molecule has 2 amide bonds. The molecule has 68 valence electrons. The fourth-order valence-electron chi connectivity index (χ4n) is 2.63. The van der Waals surface area contributed by atoms with E-state index in [9.17, 15) is 4.79 Å². The van der Waals surface area contributed by atoms with Gasteiger partial charge in [0.05, 0.1) is 0 Å². The minimum atomic E-state index is 0.115. The topological polar surface area (TPSA) is 32.3 Å². The number of rotatable bonds is 0. The molecule has 1 saturated heterocycles. The normalized spacial score (nSPS) is 33.6. The maximum Gasteiger partial charge on any atom is 0.317 e. The molecule has 0 radical (unpaired) electrons. The van der Waals surface area contributed by atoms with Gasteiger partial charge in [0, 0.05) is 19.6 Å². The number of hydrogen-bond acceptors (Lipinski definition) is 1. The van der Waals surface area contributed by atoms with Gasteiger partial charge in [0.25, 0.3) is 0 Å². The highest BCUT2D eigenvalue weighted by Gasteiger charge is 2.39. The Morgan fingerprint density at radius 1 is 1.42 bits per heavy atom. The van der Waals surface area contributed by atoms with Gasteiger partial charge in [0.15, 0.2) is 0 Å². The monoisotopic (exact) mass is 168 g/mol. The van der Waals surface area contributed by atoms with Crippen LogP contribution in [0.5, 0.6) is 0 Å². The summed E-state index contributed by atoms with van der Waals surface area (Å²) in [5.74, 6) is 0.808. The average molecular weight is 168 g/mol. The van der Waals surface area contributed by atoms with Crippen molar-refractivity contribution in [2.75, 3.05) is 13.6 Å². The molecule has 1 heterocycles. The van der Waals surface area contributed by atoms with Crippen LogP contribution in [0.4, 0.5) is 4.79 Å². The van der Waals surface area contributed by atoms with Crippen LogP contribution < -0.4 is 5.32 Å². The molecule has 3 nitrogen and oxygen atoms in total. The molecule has 0 aromatic carbocycles. The molecular formula is C9H16N2O. The van der Waals surface area contributed by atoms with Gasteiger partial charge >= 0.3 is 6.03 Å². The van der Waals surface area contributed by atoms with Gasteiger partial charge in [-0.05, 0) is 25.2 Å². The number of urea groups is 1. The molecule has 1 aliphatic heterocycles. The van der Waals surface area contributed by atoms with Crippen molar-refractivity contribution in [3.8, 4) is 0 Å². The summed E-state index contributed by atoms with van der Waals surface area (Å²) in [6.07, 6.45) is 5.08. The first-order chi connectivity index (χ1) is 5.83. The zero-order valence-electron chi connectivity index (χ0n) is 7.55. The molecule has 12 heavy (non-hydrogen) atoms. The van der Waals surface area contributed by atoms with Crippen LogP contribution in [0.15, 0.2) is 0 Å². The van der Waals surface area contributed by atoms with Gasteiger partial charge in [-0.25, -0.2) is 4.79 Å². The summed E-state index contributed by atoms with van der Waals surface area (Å²) >= 11 is 0. The van der Waals surface area contributed by atoms with Crippen molar-refractivity contribution in [2.45, 2.75) is 31.7 Å². The number of amides is 2. The SMILES string of the molecule is CNC(=O)N1CCC2CCCC21. The van der Waals surface area contributed by atoms with Crippen LogP contribution in [0, 0.1) is 5.92 Å². The smallest absolute Gasteiger partial charge is 0.317 e. The van der Waals surface area contributed by atoms with E-state index in [1.807, 2.05) is 4.90 Å². The third-order valence-corrected chi connectivity index (χ3v) is 3.23. The van der Waals surface area contributed by atoms with Crippen LogP contribution in [0.1, 0.15) is 25.7 Å². The first kappa shape index (κ1) is 7.90. The van der Waals surface area contributed by atoms with E-state index in [1.54, 1.807) is 7.05 Å². The number of fused-ring (bicyclic) bond motifs is 1. The van der Waals surface area contributed by atoms with E-state index in [0.717, 1.165) is 12.5 Å².